The van der Waals surface area contributed by atoms with Crippen molar-refractivity contribution in [3.05, 3.63) is 34.1 Å². The van der Waals surface area contributed by atoms with Crippen molar-refractivity contribution in [1.29, 1.82) is 0 Å². The first kappa shape index (κ1) is 13.9. The second-order valence-electron chi connectivity index (χ2n) is 3.95. The standard InChI is InChI=1S/C11H8F3NO3Se/c1-5(10(17)18)15-9(16)7-3-2-6(11(12,13)14)4-8(7)19-15/h2-5H,1H3,(H,17,18). The van der Waals surface area contributed by atoms with Gasteiger partial charge in [-0.15, -0.1) is 0 Å². The van der Waals surface area contributed by atoms with Gasteiger partial charge in [-0.25, -0.2) is 0 Å². The van der Waals surface area contributed by atoms with Crippen molar-refractivity contribution in [1.82, 2.24) is 3.56 Å². The predicted molar refractivity (Wildman–Crippen MR) is 62.5 cm³/mol. The van der Waals surface area contributed by atoms with Gasteiger partial charge in [0.15, 0.2) is 0 Å². The van der Waals surface area contributed by atoms with E-state index < -0.39 is 44.0 Å². The van der Waals surface area contributed by atoms with Gasteiger partial charge in [0, 0.05) is 0 Å². The molecule has 8 heteroatoms. The molecular weight excluding hydrogens is 330 g/mol. The van der Waals surface area contributed by atoms with E-state index in [0.717, 1.165) is 21.8 Å². The van der Waals surface area contributed by atoms with Crippen LogP contribution in [0.1, 0.15) is 18.5 Å². The van der Waals surface area contributed by atoms with Gasteiger partial charge in [0.05, 0.1) is 0 Å². The first-order valence-electron chi connectivity index (χ1n) is 5.17. The third kappa shape index (κ3) is 2.46. The van der Waals surface area contributed by atoms with Crippen molar-refractivity contribution in [3.8, 4) is 0 Å². The maximum absolute atomic E-state index is 12.6. The second-order valence-corrected chi connectivity index (χ2v) is 6.08. The van der Waals surface area contributed by atoms with E-state index in [2.05, 4.69) is 0 Å². The van der Waals surface area contributed by atoms with Crippen molar-refractivity contribution in [2.75, 3.05) is 0 Å². The van der Waals surface area contributed by atoms with Gasteiger partial charge < -0.3 is 0 Å². The Kier molecular flexibility index (Phi) is 3.32. The Hall–Kier alpha value is -1.53. The molecule has 0 amide bonds. The zero-order valence-electron chi connectivity index (χ0n) is 9.56. The van der Waals surface area contributed by atoms with Crippen LogP contribution < -0.4 is 5.56 Å². The van der Waals surface area contributed by atoms with Crippen LogP contribution >= 0.6 is 0 Å². The zero-order valence-corrected chi connectivity index (χ0v) is 11.3. The third-order valence-corrected chi connectivity index (χ3v) is 5.19. The number of benzene rings is 1. The maximum atomic E-state index is 12.6. The quantitative estimate of drug-likeness (QED) is 0.849. The molecule has 0 spiro atoms. The summed E-state index contributed by atoms with van der Waals surface area (Å²) in [6.45, 7) is 1.33. The van der Waals surface area contributed by atoms with Crippen molar-refractivity contribution >= 4 is 30.3 Å². The van der Waals surface area contributed by atoms with Crippen LogP contribution in [0, 0.1) is 0 Å². The van der Waals surface area contributed by atoms with E-state index in [9.17, 15) is 22.8 Å². The molecule has 1 heterocycles. The van der Waals surface area contributed by atoms with Gasteiger partial charge in [-0.3, -0.25) is 0 Å². The molecule has 0 bridgehead atoms. The van der Waals surface area contributed by atoms with Crippen LogP contribution in [-0.2, 0) is 11.0 Å². The number of hydrogen-bond acceptors (Lipinski definition) is 2. The zero-order chi connectivity index (χ0) is 14.4. The van der Waals surface area contributed by atoms with Gasteiger partial charge in [-0.2, -0.15) is 0 Å². The molecule has 1 N–H and O–H groups in total. The Morgan fingerprint density at radius 2 is 2.05 bits per heavy atom. The van der Waals surface area contributed by atoms with Gasteiger partial charge in [0.1, 0.15) is 0 Å². The minimum absolute atomic E-state index is 0.154. The van der Waals surface area contributed by atoms with E-state index >= 15 is 0 Å². The monoisotopic (exact) mass is 339 g/mol. The first-order chi connectivity index (χ1) is 8.71. The third-order valence-electron chi connectivity index (χ3n) is 2.65. The molecule has 102 valence electrons. The fourth-order valence-corrected chi connectivity index (χ4v) is 3.83. The topological polar surface area (TPSA) is 59.3 Å². The molecule has 0 saturated carbocycles. The number of fused-ring (bicyclic) bond motifs is 1. The summed E-state index contributed by atoms with van der Waals surface area (Å²) in [5.41, 5.74) is -1.36. The summed E-state index contributed by atoms with van der Waals surface area (Å²) in [5.74, 6) is -1.18. The molecular formula is C11H8F3NO3Se. The van der Waals surface area contributed by atoms with E-state index in [0.29, 0.717) is 0 Å². The van der Waals surface area contributed by atoms with Gasteiger partial charge in [0.2, 0.25) is 0 Å². The first-order valence-corrected chi connectivity index (χ1v) is 6.79. The molecule has 0 aliphatic heterocycles. The van der Waals surface area contributed by atoms with E-state index in [-0.39, 0.29) is 9.65 Å². The summed E-state index contributed by atoms with van der Waals surface area (Å²) >= 11 is -0.745. The Labute approximate surface area is 111 Å². The molecule has 1 aromatic heterocycles. The Morgan fingerprint density at radius 1 is 1.42 bits per heavy atom. The molecule has 0 aliphatic carbocycles. The van der Waals surface area contributed by atoms with Crippen LogP contribution in [0.2, 0.25) is 0 Å². The van der Waals surface area contributed by atoms with Crippen molar-refractivity contribution in [2.24, 2.45) is 0 Å². The molecule has 0 saturated heterocycles. The summed E-state index contributed by atoms with van der Waals surface area (Å²) in [7, 11) is 0. The summed E-state index contributed by atoms with van der Waals surface area (Å²) in [4.78, 5) is 22.7. The number of rotatable bonds is 2. The molecule has 2 rings (SSSR count). The molecule has 19 heavy (non-hydrogen) atoms. The van der Waals surface area contributed by atoms with Gasteiger partial charge in [-0.05, 0) is 0 Å². The molecule has 4 nitrogen and oxygen atoms in total. The number of halogens is 3. The van der Waals surface area contributed by atoms with Gasteiger partial charge in [-0.1, -0.05) is 0 Å². The van der Waals surface area contributed by atoms with Crippen LogP contribution in [0.25, 0.3) is 9.65 Å². The Morgan fingerprint density at radius 3 is 2.58 bits per heavy atom. The van der Waals surface area contributed by atoms with Crippen LogP contribution in [0.15, 0.2) is 23.0 Å². The second kappa shape index (κ2) is 4.54. The molecule has 2 aromatic rings. The average Bonchev–Trinajstić information content (AvgIpc) is 2.64. The van der Waals surface area contributed by atoms with E-state index in [1.807, 2.05) is 0 Å². The molecule has 1 atom stereocenters. The number of hydrogen-bond donors (Lipinski definition) is 1. The predicted octanol–water partition coefficient (Wildman–Crippen LogP) is 1.72. The summed E-state index contributed by atoms with van der Waals surface area (Å²) in [6, 6.07) is 1.81. The number of carbonyl (C=O) groups is 1. The summed E-state index contributed by atoms with van der Waals surface area (Å²) < 4.78 is 39.0. The average molecular weight is 338 g/mol. The fraction of sp³-hybridized carbons (Fsp3) is 0.273. The van der Waals surface area contributed by atoms with Crippen LogP contribution in [0.4, 0.5) is 13.2 Å². The van der Waals surface area contributed by atoms with E-state index in [4.69, 9.17) is 5.11 Å². The summed E-state index contributed by atoms with van der Waals surface area (Å²) in [6.07, 6.45) is -4.47. The number of nitrogens with zero attached hydrogens (tertiary/aromatic N) is 1. The fourth-order valence-electron chi connectivity index (χ4n) is 1.57. The molecule has 1 aromatic carbocycles. The number of carboxylic acids is 1. The van der Waals surface area contributed by atoms with Crippen molar-refractivity contribution in [2.45, 2.75) is 19.1 Å². The molecule has 0 radical (unpaired) electrons. The number of aliphatic carboxylic acids is 1. The summed E-state index contributed by atoms with van der Waals surface area (Å²) in [5, 5.41) is 9.01. The Balaban J connectivity index is 2.64. The van der Waals surface area contributed by atoms with Gasteiger partial charge >= 0.3 is 110 Å². The van der Waals surface area contributed by atoms with Crippen LogP contribution in [-0.4, -0.2) is 29.4 Å². The number of alkyl halides is 3. The number of carboxylic acid groups (broad SMARTS) is 1. The van der Waals surface area contributed by atoms with E-state index in [1.54, 1.807) is 0 Å². The minimum atomic E-state index is -4.47. The van der Waals surface area contributed by atoms with Crippen LogP contribution in [0.3, 0.4) is 0 Å². The molecule has 0 fully saturated rings. The van der Waals surface area contributed by atoms with Crippen molar-refractivity contribution < 1.29 is 23.1 Å². The normalized spacial score (nSPS) is 13.7. The van der Waals surface area contributed by atoms with Crippen molar-refractivity contribution in [3.63, 3.8) is 0 Å². The number of aromatic nitrogens is 1. The Bertz CT molecular complexity index is 701. The van der Waals surface area contributed by atoms with Gasteiger partial charge in [0.25, 0.3) is 0 Å². The van der Waals surface area contributed by atoms with Crippen LogP contribution in [0.5, 0.6) is 0 Å². The SMILES string of the molecule is CC(C(=O)O)n1[se]c2cc(C(F)(F)F)ccc2c1=O. The molecule has 1 unspecified atom stereocenters. The molecule has 0 aliphatic rings. The van der Waals surface area contributed by atoms with E-state index in [1.165, 1.54) is 6.92 Å².